The number of amides is 1. The molecule has 0 unspecified atom stereocenters. The fourth-order valence-corrected chi connectivity index (χ4v) is 2.21. The molecule has 112 valence electrons. The lowest BCUT2D eigenvalue weighted by Crippen LogP contribution is -2.18. The van der Waals surface area contributed by atoms with E-state index in [9.17, 15) is 9.90 Å². The highest BCUT2D eigenvalue weighted by Crippen LogP contribution is 2.30. The van der Waals surface area contributed by atoms with E-state index >= 15 is 0 Å². The summed E-state index contributed by atoms with van der Waals surface area (Å²) in [6.07, 6.45) is 0. The number of aryl methyl sites for hydroxylation is 1. The van der Waals surface area contributed by atoms with Crippen molar-refractivity contribution in [2.75, 3.05) is 7.05 Å². The zero-order valence-electron chi connectivity index (χ0n) is 12.7. The number of hydrogen-bond donors (Lipinski definition) is 2. The number of benzene rings is 3. The van der Waals surface area contributed by atoms with Gasteiger partial charge in [0.05, 0.1) is 5.56 Å². The molecule has 0 radical (unpaired) electrons. The normalized spacial score (nSPS) is 9.73. The number of phenols is 1. The summed E-state index contributed by atoms with van der Waals surface area (Å²) >= 11 is 0. The summed E-state index contributed by atoms with van der Waals surface area (Å²) in [5.41, 5.74) is 1.05. The van der Waals surface area contributed by atoms with E-state index in [1.165, 1.54) is 0 Å². The third-order valence-corrected chi connectivity index (χ3v) is 3.41. The molecule has 3 heteroatoms. The predicted octanol–water partition coefficient (Wildman–Crippen LogP) is 3.90. The van der Waals surface area contributed by atoms with Crippen molar-refractivity contribution in [2.24, 2.45) is 0 Å². The average Bonchev–Trinajstić information content (AvgIpc) is 2.59. The highest BCUT2D eigenvalue weighted by atomic mass is 16.3. The molecule has 0 atom stereocenters. The molecule has 0 aliphatic carbocycles. The first-order valence-corrected chi connectivity index (χ1v) is 7.08. The molecule has 22 heavy (non-hydrogen) atoms. The summed E-state index contributed by atoms with van der Waals surface area (Å²) in [6, 6.07) is 21.4. The monoisotopic (exact) mass is 293 g/mol. The van der Waals surface area contributed by atoms with E-state index in [4.69, 9.17) is 0 Å². The zero-order chi connectivity index (χ0) is 15.9. The van der Waals surface area contributed by atoms with Crippen LogP contribution in [0.1, 0.15) is 15.9 Å². The van der Waals surface area contributed by atoms with Crippen LogP contribution in [-0.2, 0) is 0 Å². The molecular weight excluding hydrogens is 274 g/mol. The number of aromatic hydroxyl groups is 1. The first-order chi connectivity index (χ1) is 10.6. The Morgan fingerprint density at radius 1 is 0.955 bits per heavy atom. The maximum Gasteiger partial charge on any atom is 0.254 e. The second kappa shape index (κ2) is 7.27. The molecule has 0 aliphatic rings. The van der Waals surface area contributed by atoms with Crippen LogP contribution in [0.2, 0.25) is 0 Å². The molecule has 0 bridgehead atoms. The number of carbonyl (C=O) groups excluding carboxylic acids is 1. The summed E-state index contributed by atoms with van der Waals surface area (Å²) in [7, 11) is 1.55. The Hall–Kier alpha value is -2.81. The first kappa shape index (κ1) is 15.6. The summed E-state index contributed by atoms with van der Waals surface area (Å²) in [5, 5.41) is 14.4. The molecule has 0 saturated carbocycles. The van der Waals surface area contributed by atoms with E-state index in [-0.39, 0.29) is 11.7 Å². The Kier molecular flexibility index (Phi) is 5.15. The lowest BCUT2D eigenvalue weighted by molar-refractivity contribution is 0.0960. The van der Waals surface area contributed by atoms with E-state index in [0.29, 0.717) is 5.56 Å². The van der Waals surface area contributed by atoms with Crippen molar-refractivity contribution < 1.29 is 9.90 Å². The van der Waals surface area contributed by atoms with Gasteiger partial charge in [0.2, 0.25) is 0 Å². The fraction of sp³-hybridized carbons (Fsp3) is 0.105. The van der Waals surface area contributed by atoms with Gasteiger partial charge in [-0.15, -0.1) is 0 Å². The molecule has 0 heterocycles. The number of nitrogens with one attached hydrogen (secondary N) is 1. The minimum absolute atomic E-state index is 0.0538. The average molecular weight is 293 g/mol. The van der Waals surface area contributed by atoms with Crippen LogP contribution < -0.4 is 5.32 Å². The Morgan fingerprint density at radius 2 is 1.50 bits per heavy atom. The lowest BCUT2D eigenvalue weighted by atomic mass is 10.00. The van der Waals surface area contributed by atoms with Gasteiger partial charge in [0.15, 0.2) is 0 Å². The third-order valence-electron chi connectivity index (χ3n) is 3.41. The lowest BCUT2D eigenvalue weighted by Gasteiger charge is -2.09. The van der Waals surface area contributed by atoms with Gasteiger partial charge in [-0.05, 0) is 29.3 Å². The van der Waals surface area contributed by atoms with E-state index in [1.54, 1.807) is 13.1 Å². The van der Waals surface area contributed by atoms with Gasteiger partial charge < -0.3 is 10.4 Å². The van der Waals surface area contributed by atoms with Crippen LogP contribution in [0.3, 0.4) is 0 Å². The van der Waals surface area contributed by atoms with Crippen LogP contribution in [0.5, 0.6) is 5.75 Å². The Morgan fingerprint density at radius 3 is 2.05 bits per heavy atom. The van der Waals surface area contributed by atoms with Crippen LogP contribution >= 0.6 is 0 Å². The van der Waals surface area contributed by atoms with Gasteiger partial charge >= 0.3 is 0 Å². The highest BCUT2D eigenvalue weighted by molar-refractivity contribution is 6.02. The van der Waals surface area contributed by atoms with Crippen molar-refractivity contribution in [2.45, 2.75) is 6.92 Å². The largest absolute Gasteiger partial charge is 0.507 e. The molecular formula is C19H19NO2. The maximum absolute atomic E-state index is 11.6. The van der Waals surface area contributed by atoms with Gasteiger partial charge in [0.25, 0.3) is 5.91 Å². The number of hydrogen-bond acceptors (Lipinski definition) is 2. The number of phenolic OH excluding ortho intramolecular Hbond substituents is 1. The van der Waals surface area contributed by atoms with Crippen LogP contribution in [0.15, 0.2) is 66.7 Å². The van der Waals surface area contributed by atoms with Crippen LogP contribution in [-0.4, -0.2) is 18.1 Å². The van der Waals surface area contributed by atoms with E-state index in [1.807, 2.05) is 67.6 Å². The summed E-state index contributed by atoms with van der Waals surface area (Å²) in [4.78, 5) is 11.6. The van der Waals surface area contributed by atoms with Gasteiger partial charge in [0.1, 0.15) is 5.75 Å². The molecule has 3 aromatic carbocycles. The highest BCUT2D eigenvalue weighted by Gasteiger charge is 2.14. The molecule has 2 N–H and O–H groups in total. The van der Waals surface area contributed by atoms with E-state index in [2.05, 4.69) is 5.32 Å². The molecule has 1 amide bonds. The minimum atomic E-state index is -0.272. The van der Waals surface area contributed by atoms with Crippen LogP contribution in [0, 0.1) is 6.92 Å². The van der Waals surface area contributed by atoms with Crippen LogP contribution in [0.4, 0.5) is 0 Å². The Bertz CT molecular complexity index is 740. The van der Waals surface area contributed by atoms with Crippen molar-refractivity contribution in [1.82, 2.24) is 5.32 Å². The SMILES string of the molecule is CNC(=O)c1cc2ccccc2c(C)c1O.c1ccccc1. The van der Waals surface area contributed by atoms with Crippen molar-refractivity contribution in [3.8, 4) is 5.75 Å². The molecule has 3 nitrogen and oxygen atoms in total. The second-order valence-electron chi connectivity index (χ2n) is 4.85. The van der Waals surface area contributed by atoms with Crippen molar-refractivity contribution >= 4 is 16.7 Å². The van der Waals surface area contributed by atoms with Gasteiger partial charge in [0, 0.05) is 7.05 Å². The Labute approximate surface area is 130 Å². The van der Waals surface area contributed by atoms with E-state index in [0.717, 1.165) is 16.3 Å². The Balaban J connectivity index is 0.000000246. The van der Waals surface area contributed by atoms with Gasteiger partial charge in [-0.3, -0.25) is 4.79 Å². The number of rotatable bonds is 1. The topological polar surface area (TPSA) is 49.3 Å². The molecule has 0 fully saturated rings. The molecule has 0 spiro atoms. The minimum Gasteiger partial charge on any atom is -0.507 e. The smallest absolute Gasteiger partial charge is 0.254 e. The maximum atomic E-state index is 11.6. The summed E-state index contributed by atoms with van der Waals surface area (Å²) < 4.78 is 0. The van der Waals surface area contributed by atoms with Crippen molar-refractivity contribution in [3.05, 3.63) is 77.9 Å². The molecule has 3 rings (SSSR count). The summed E-state index contributed by atoms with van der Waals surface area (Å²) in [6.45, 7) is 1.81. The number of carbonyl (C=O) groups is 1. The number of fused-ring (bicyclic) bond motifs is 1. The van der Waals surface area contributed by atoms with Gasteiger partial charge in [-0.1, -0.05) is 60.7 Å². The van der Waals surface area contributed by atoms with E-state index < -0.39 is 0 Å². The van der Waals surface area contributed by atoms with Gasteiger partial charge in [-0.2, -0.15) is 0 Å². The zero-order valence-corrected chi connectivity index (χ0v) is 12.7. The quantitative estimate of drug-likeness (QED) is 0.715. The standard InChI is InChI=1S/C13H13NO2.C6H6/c1-8-10-6-4-3-5-9(10)7-11(12(8)15)13(16)14-2;1-2-4-6-5-3-1/h3-7,15H,1-2H3,(H,14,16);1-6H. The van der Waals surface area contributed by atoms with Crippen LogP contribution in [0.25, 0.3) is 10.8 Å². The first-order valence-electron chi connectivity index (χ1n) is 7.08. The van der Waals surface area contributed by atoms with Crippen molar-refractivity contribution in [1.29, 1.82) is 0 Å². The second-order valence-corrected chi connectivity index (χ2v) is 4.85. The molecule has 0 aliphatic heterocycles. The third kappa shape index (κ3) is 3.44. The fourth-order valence-electron chi connectivity index (χ4n) is 2.21. The van der Waals surface area contributed by atoms with Gasteiger partial charge in [-0.25, -0.2) is 0 Å². The van der Waals surface area contributed by atoms with Crippen molar-refractivity contribution in [3.63, 3.8) is 0 Å². The molecule has 0 aromatic heterocycles. The predicted molar refractivity (Wildman–Crippen MR) is 90.2 cm³/mol. The molecule has 3 aromatic rings. The molecule has 0 saturated heterocycles. The summed E-state index contributed by atoms with van der Waals surface area (Å²) in [5.74, 6) is -0.218.